The Hall–Kier alpha value is -1.51. The number of rotatable bonds is 4. The fourth-order valence-electron chi connectivity index (χ4n) is 1.51. The second kappa shape index (κ2) is 6.16. The monoisotopic (exact) mass is 221 g/mol. The average molecular weight is 221 g/mol. The number of alkyl carbamates (subject to hydrolysis) is 1. The van der Waals surface area contributed by atoms with Crippen LogP contribution in [0.3, 0.4) is 0 Å². The molecular formula is C13H19NO2. The minimum Gasteiger partial charge on any atom is -0.453 e. The van der Waals surface area contributed by atoms with Crippen molar-refractivity contribution in [2.24, 2.45) is 5.92 Å². The van der Waals surface area contributed by atoms with Gasteiger partial charge in [0.25, 0.3) is 0 Å². The van der Waals surface area contributed by atoms with E-state index in [4.69, 9.17) is 0 Å². The first-order chi connectivity index (χ1) is 7.61. The Morgan fingerprint density at radius 1 is 1.25 bits per heavy atom. The first-order valence-corrected chi connectivity index (χ1v) is 5.51. The fraction of sp³-hybridized carbons (Fsp3) is 0.462. The molecule has 0 saturated carbocycles. The van der Waals surface area contributed by atoms with Crippen molar-refractivity contribution in [2.75, 3.05) is 7.11 Å². The topological polar surface area (TPSA) is 38.3 Å². The quantitative estimate of drug-likeness (QED) is 0.849. The van der Waals surface area contributed by atoms with Crippen LogP contribution in [0.2, 0.25) is 0 Å². The van der Waals surface area contributed by atoms with Gasteiger partial charge in [0, 0.05) is 6.54 Å². The predicted molar refractivity (Wildman–Crippen MR) is 64.2 cm³/mol. The summed E-state index contributed by atoms with van der Waals surface area (Å²) in [6, 6.07) is 8.28. The second-order valence-electron chi connectivity index (χ2n) is 4.26. The number of nitrogens with one attached hydrogen (secondary N) is 1. The summed E-state index contributed by atoms with van der Waals surface area (Å²) < 4.78 is 4.50. The van der Waals surface area contributed by atoms with E-state index in [1.54, 1.807) is 0 Å². The van der Waals surface area contributed by atoms with Gasteiger partial charge in [0.2, 0.25) is 0 Å². The molecule has 16 heavy (non-hydrogen) atoms. The van der Waals surface area contributed by atoms with Crippen LogP contribution in [0.1, 0.15) is 25.0 Å². The van der Waals surface area contributed by atoms with Gasteiger partial charge >= 0.3 is 6.09 Å². The van der Waals surface area contributed by atoms with E-state index < -0.39 is 6.09 Å². The first kappa shape index (κ1) is 12.6. The molecule has 0 spiro atoms. The molecule has 0 saturated heterocycles. The smallest absolute Gasteiger partial charge is 0.407 e. The third-order valence-corrected chi connectivity index (χ3v) is 2.29. The van der Waals surface area contributed by atoms with E-state index in [-0.39, 0.29) is 0 Å². The predicted octanol–water partition coefficient (Wildman–Crippen LogP) is 2.74. The normalized spacial score (nSPS) is 10.2. The maximum Gasteiger partial charge on any atom is 0.407 e. The molecule has 0 radical (unpaired) electrons. The molecule has 0 aliphatic carbocycles. The SMILES string of the molecule is COC(=O)NCc1ccc(CC(C)C)cc1. The summed E-state index contributed by atoms with van der Waals surface area (Å²) in [5.41, 5.74) is 2.41. The van der Waals surface area contributed by atoms with Crippen LogP contribution in [0.5, 0.6) is 0 Å². The maximum absolute atomic E-state index is 10.9. The minimum atomic E-state index is -0.397. The standard InChI is InChI=1S/C13H19NO2/c1-10(2)8-11-4-6-12(7-5-11)9-14-13(15)16-3/h4-7,10H,8-9H2,1-3H3,(H,14,15). The van der Waals surface area contributed by atoms with E-state index in [1.807, 2.05) is 12.1 Å². The lowest BCUT2D eigenvalue weighted by Crippen LogP contribution is -2.22. The van der Waals surface area contributed by atoms with Crippen LogP contribution in [0.4, 0.5) is 4.79 Å². The maximum atomic E-state index is 10.9. The highest BCUT2D eigenvalue weighted by atomic mass is 16.5. The van der Waals surface area contributed by atoms with Crippen LogP contribution in [-0.2, 0) is 17.7 Å². The molecule has 0 aliphatic rings. The number of carbonyl (C=O) groups is 1. The van der Waals surface area contributed by atoms with E-state index in [9.17, 15) is 4.79 Å². The van der Waals surface area contributed by atoms with Crippen molar-refractivity contribution >= 4 is 6.09 Å². The molecule has 1 amide bonds. The van der Waals surface area contributed by atoms with Crippen LogP contribution < -0.4 is 5.32 Å². The van der Waals surface area contributed by atoms with Gasteiger partial charge in [-0.3, -0.25) is 0 Å². The molecule has 1 aromatic carbocycles. The van der Waals surface area contributed by atoms with E-state index >= 15 is 0 Å². The molecule has 0 aromatic heterocycles. The van der Waals surface area contributed by atoms with E-state index in [0.717, 1.165) is 12.0 Å². The Balaban J connectivity index is 2.48. The second-order valence-corrected chi connectivity index (χ2v) is 4.26. The van der Waals surface area contributed by atoms with Crippen molar-refractivity contribution in [3.05, 3.63) is 35.4 Å². The van der Waals surface area contributed by atoms with Crippen LogP contribution in [-0.4, -0.2) is 13.2 Å². The van der Waals surface area contributed by atoms with Gasteiger partial charge in [-0.2, -0.15) is 0 Å². The highest BCUT2D eigenvalue weighted by Crippen LogP contribution is 2.09. The third kappa shape index (κ3) is 4.34. The van der Waals surface area contributed by atoms with Gasteiger partial charge in [-0.05, 0) is 23.5 Å². The summed E-state index contributed by atoms with van der Waals surface area (Å²) in [5, 5.41) is 2.65. The van der Waals surface area contributed by atoms with Crippen LogP contribution in [0.15, 0.2) is 24.3 Å². The molecule has 0 atom stereocenters. The summed E-state index contributed by atoms with van der Waals surface area (Å²) in [6.07, 6.45) is 0.691. The molecule has 0 heterocycles. The van der Waals surface area contributed by atoms with Crippen LogP contribution >= 0.6 is 0 Å². The molecule has 1 aromatic rings. The van der Waals surface area contributed by atoms with Gasteiger partial charge in [-0.1, -0.05) is 38.1 Å². The lowest BCUT2D eigenvalue weighted by atomic mass is 10.0. The minimum absolute atomic E-state index is 0.397. The lowest BCUT2D eigenvalue weighted by Gasteiger charge is -2.07. The molecule has 3 heteroatoms. The summed E-state index contributed by atoms with van der Waals surface area (Å²) in [4.78, 5) is 10.9. The zero-order valence-corrected chi connectivity index (χ0v) is 10.1. The van der Waals surface area contributed by atoms with Crippen molar-refractivity contribution in [3.63, 3.8) is 0 Å². The highest BCUT2D eigenvalue weighted by Gasteiger charge is 2.00. The Morgan fingerprint density at radius 2 is 1.81 bits per heavy atom. The zero-order chi connectivity index (χ0) is 12.0. The van der Waals surface area contributed by atoms with Crippen molar-refractivity contribution in [2.45, 2.75) is 26.8 Å². The van der Waals surface area contributed by atoms with Gasteiger partial charge in [0.05, 0.1) is 7.11 Å². The number of carbonyl (C=O) groups excluding carboxylic acids is 1. The molecule has 1 N–H and O–H groups in total. The third-order valence-electron chi connectivity index (χ3n) is 2.29. The summed E-state index contributed by atoms with van der Waals surface area (Å²) >= 11 is 0. The number of hydrogen-bond donors (Lipinski definition) is 1. The molecular weight excluding hydrogens is 202 g/mol. The number of amides is 1. The number of hydrogen-bond acceptors (Lipinski definition) is 2. The van der Waals surface area contributed by atoms with E-state index in [1.165, 1.54) is 12.7 Å². The van der Waals surface area contributed by atoms with Crippen molar-refractivity contribution in [1.29, 1.82) is 0 Å². The zero-order valence-electron chi connectivity index (χ0n) is 10.1. The van der Waals surface area contributed by atoms with Crippen LogP contribution in [0, 0.1) is 5.92 Å². The Kier molecular flexibility index (Phi) is 4.83. The van der Waals surface area contributed by atoms with E-state index in [0.29, 0.717) is 12.5 Å². The Labute approximate surface area is 96.8 Å². The molecule has 0 aliphatic heterocycles. The lowest BCUT2D eigenvalue weighted by molar-refractivity contribution is 0.170. The summed E-state index contributed by atoms with van der Waals surface area (Å²) in [6.45, 7) is 4.91. The number of methoxy groups -OCH3 is 1. The molecule has 0 fully saturated rings. The number of benzene rings is 1. The first-order valence-electron chi connectivity index (χ1n) is 5.51. The summed E-state index contributed by atoms with van der Waals surface area (Å²) in [5.74, 6) is 0.666. The van der Waals surface area contributed by atoms with E-state index in [2.05, 4.69) is 36.0 Å². The van der Waals surface area contributed by atoms with Gasteiger partial charge in [0.1, 0.15) is 0 Å². The largest absolute Gasteiger partial charge is 0.453 e. The summed E-state index contributed by atoms with van der Waals surface area (Å²) in [7, 11) is 1.36. The molecule has 3 nitrogen and oxygen atoms in total. The Bertz CT molecular complexity index is 330. The molecule has 1 rings (SSSR count). The Morgan fingerprint density at radius 3 is 2.31 bits per heavy atom. The van der Waals surface area contributed by atoms with Gasteiger partial charge in [-0.15, -0.1) is 0 Å². The van der Waals surface area contributed by atoms with Crippen molar-refractivity contribution < 1.29 is 9.53 Å². The highest BCUT2D eigenvalue weighted by molar-refractivity contribution is 5.66. The van der Waals surface area contributed by atoms with Crippen molar-refractivity contribution in [3.8, 4) is 0 Å². The van der Waals surface area contributed by atoms with Gasteiger partial charge in [0.15, 0.2) is 0 Å². The molecule has 0 bridgehead atoms. The number of ether oxygens (including phenoxy) is 1. The average Bonchev–Trinajstić information content (AvgIpc) is 2.27. The molecule has 0 unspecified atom stereocenters. The molecule has 88 valence electrons. The van der Waals surface area contributed by atoms with Crippen LogP contribution in [0.25, 0.3) is 0 Å². The van der Waals surface area contributed by atoms with Gasteiger partial charge in [-0.25, -0.2) is 4.79 Å². The van der Waals surface area contributed by atoms with Crippen molar-refractivity contribution in [1.82, 2.24) is 5.32 Å². The fourth-order valence-corrected chi connectivity index (χ4v) is 1.51. The van der Waals surface area contributed by atoms with Gasteiger partial charge < -0.3 is 10.1 Å².